The third-order valence-corrected chi connectivity index (χ3v) is 4.24. The molecule has 7 nitrogen and oxygen atoms in total. The molecule has 0 atom stereocenters. The molecule has 1 aliphatic carbocycles. The second-order valence-corrected chi connectivity index (χ2v) is 5.80. The van der Waals surface area contributed by atoms with E-state index >= 15 is 0 Å². The molecule has 3 rings (SSSR count). The number of aromatic nitrogens is 2. The molecule has 1 aromatic carbocycles. The topological polar surface area (TPSA) is 94.3 Å². The smallest absolute Gasteiger partial charge is 0.159 e. The molecule has 1 saturated carbocycles. The number of anilines is 4. The molecule has 1 aliphatic rings. The molecule has 0 amide bonds. The van der Waals surface area contributed by atoms with Crippen LogP contribution in [0.25, 0.3) is 0 Å². The fourth-order valence-corrected chi connectivity index (χ4v) is 2.90. The van der Waals surface area contributed by atoms with E-state index in [2.05, 4.69) is 20.6 Å². The van der Waals surface area contributed by atoms with Gasteiger partial charge in [0.05, 0.1) is 19.9 Å². The number of hydrogen-bond acceptors (Lipinski definition) is 7. The summed E-state index contributed by atoms with van der Waals surface area (Å²) in [6, 6.07) is 5.95. The number of nitrogens with zero attached hydrogens (tertiary/aromatic N) is 2. The van der Waals surface area contributed by atoms with Crippen LogP contribution < -0.4 is 25.8 Å². The summed E-state index contributed by atoms with van der Waals surface area (Å²) < 4.78 is 10.6. The lowest BCUT2D eigenvalue weighted by Gasteiger charge is -2.17. The van der Waals surface area contributed by atoms with Crippen molar-refractivity contribution < 1.29 is 9.47 Å². The van der Waals surface area contributed by atoms with Crippen molar-refractivity contribution in [2.75, 3.05) is 30.6 Å². The fourth-order valence-electron chi connectivity index (χ4n) is 2.90. The highest BCUT2D eigenvalue weighted by molar-refractivity contribution is 5.79. The minimum Gasteiger partial charge on any atom is -0.497 e. The second kappa shape index (κ2) is 7.25. The molecule has 2 aromatic rings. The third kappa shape index (κ3) is 3.45. The molecule has 4 N–H and O–H groups in total. The van der Waals surface area contributed by atoms with Gasteiger partial charge in [-0.25, -0.2) is 9.97 Å². The van der Waals surface area contributed by atoms with Crippen LogP contribution in [0.2, 0.25) is 0 Å². The van der Waals surface area contributed by atoms with Crippen LogP contribution in [0.4, 0.5) is 23.0 Å². The highest BCUT2D eigenvalue weighted by Gasteiger charge is 2.18. The summed E-state index contributed by atoms with van der Waals surface area (Å²) in [5, 5.41) is 6.63. The molecule has 7 heteroatoms. The van der Waals surface area contributed by atoms with Crippen LogP contribution in [0.15, 0.2) is 24.5 Å². The Morgan fingerprint density at radius 3 is 2.54 bits per heavy atom. The quantitative estimate of drug-likeness (QED) is 0.749. The van der Waals surface area contributed by atoms with Crippen LogP contribution in [0.5, 0.6) is 11.5 Å². The Morgan fingerprint density at radius 1 is 1.08 bits per heavy atom. The summed E-state index contributed by atoms with van der Waals surface area (Å²) in [6.07, 6.45) is 6.30. The molecule has 1 fully saturated rings. The average molecular weight is 329 g/mol. The van der Waals surface area contributed by atoms with Crippen molar-refractivity contribution >= 4 is 23.0 Å². The maximum absolute atomic E-state index is 6.24. The van der Waals surface area contributed by atoms with Crippen LogP contribution in [-0.2, 0) is 0 Å². The van der Waals surface area contributed by atoms with Crippen molar-refractivity contribution in [3.05, 3.63) is 24.5 Å². The highest BCUT2D eigenvalue weighted by Crippen LogP contribution is 2.34. The summed E-state index contributed by atoms with van der Waals surface area (Å²) in [4.78, 5) is 8.53. The fraction of sp³-hybridized carbons (Fsp3) is 0.412. The Balaban J connectivity index is 1.82. The first-order chi connectivity index (χ1) is 11.7. The molecule has 1 heterocycles. The summed E-state index contributed by atoms with van der Waals surface area (Å²) in [7, 11) is 3.22. The van der Waals surface area contributed by atoms with E-state index < -0.39 is 0 Å². The van der Waals surface area contributed by atoms with Crippen molar-refractivity contribution in [1.29, 1.82) is 0 Å². The van der Waals surface area contributed by atoms with Gasteiger partial charge in [0.15, 0.2) is 11.6 Å². The normalized spacial score (nSPS) is 14.4. The summed E-state index contributed by atoms with van der Waals surface area (Å²) in [5.41, 5.74) is 7.50. The van der Waals surface area contributed by atoms with E-state index in [1.165, 1.54) is 19.2 Å². The van der Waals surface area contributed by atoms with Gasteiger partial charge in [0.2, 0.25) is 0 Å². The molecule has 0 bridgehead atoms. The zero-order valence-corrected chi connectivity index (χ0v) is 14.0. The van der Waals surface area contributed by atoms with Crippen molar-refractivity contribution in [2.24, 2.45) is 0 Å². The molecule has 0 saturated heterocycles. The zero-order chi connectivity index (χ0) is 16.9. The number of benzene rings is 1. The minimum atomic E-state index is 0.436. The van der Waals surface area contributed by atoms with Crippen LogP contribution in [0.3, 0.4) is 0 Å². The first-order valence-corrected chi connectivity index (χ1v) is 8.07. The van der Waals surface area contributed by atoms with Crippen molar-refractivity contribution in [3.8, 4) is 11.5 Å². The molecule has 0 unspecified atom stereocenters. The summed E-state index contributed by atoms with van der Waals surface area (Å²) in [6.45, 7) is 0. The Morgan fingerprint density at radius 2 is 1.83 bits per heavy atom. The monoisotopic (exact) mass is 329 g/mol. The Kier molecular flexibility index (Phi) is 4.88. The van der Waals surface area contributed by atoms with E-state index in [1.54, 1.807) is 20.3 Å². The van der Waals surface area contributed by atoms with E-state index in [-0.39, 0.29) is 0 Å². The van der Waals surface area contributed by atoms with Crippen LogP contribution in [-0.4, -0.2) is 30.2 Å². The van der Waals surface area contributed by atoms with Crippen molar-refractivity contribution in [1.82, 2.24) is 9.97 Å². The zero-order valence-electron chi connectivity index (χ0n) is 14.0. The van der Waals surface area contributed by atoms with Gasteiger partial charge < -0.3 is 25.8 Å². The van der Waals surface area contributed by atoms with E-state index in [9.17, 15) is 0 Å². The summed E-state index contributed by atoms with van der Waals surface area (Å²) >= 11 is 0. The predicted molar refractivity (Wildman–Crippen MR) is 95.2 cm³/mol. The van der Waals surface area contributed by atoms with E-state index in [4.69, 9.17) is 15.2 Å². The van der Waals surface area contributed by atoms with Gasteiger partial charge in [0.25, 0.3) is 0 Å². The number of nitrogens with two attached hydrogens (primary N) is 1. The molecule has 0 radical (unpaired) electrons. The maximum atomic E-state index is 6.24. The first-order valence-electron chi connectivity index (χ1n) is 8.07. The van der Waals surface area contributed by atoms with E-state index in [0.717, 1.165) is 24.3 Å². The molecule has 0 spiro atoms. The van der Waals surface area contributed by atoms with Crippen molar-refractivity contribution in [2.45, 2.75) is 31.7 Å². The van der Waals surface area contributed by atoms with Gasteiger partial charge in [-0.2, -0.15) is 0 Å². The summed E-state index contributed by atoms with van der Waals surface area (Å²) in [5.74, 6) is 2.59. The van der Waals surface area contributed by atoms with Crippen LogP contribution in [0, 0.1) is 0 Å². The Bertz CT molecular complexity index is 701. The number of hydrogen-bond donors (Lipinski definition) is 3. The number of nitrogen functional groups attached to an aromatic ring is 1. The van der Waals surface area contributed by atoms with Gasteiger partial charge in [-0.05, 0) is 25.0 Å². The predicted octanol–water partition coefficient (Wildman–Crippen LogP) is 3.17. The minimum absolute atomic E-state index is 0.436. The SMILES string of the molecule is COc1ccc(Nc2ncnc(NC3CCCC3)c2N)c(OC)c1. The van der Waals surface area contributed by atoms with E-state index in [1.807, 2.05) is 12.1 Å². The number of rotatable bonds is 6. The average Bonchev–Trinajstić information content (AvgIpc) is 3.12. The Hall–Kier alpha value is -2.70. The largest absolute Gasteiger partial charge is 0.497 e. The van der Waals surface area contributed by atoms with Gasteiger partial charge in [-0.1, -0.05) is 12.8 Å². The van der Waals surface area contributed by atoms with E-state index in [0.29, 0.717) is 29.1 Å². The number of ether oxygens (including phenoxy) is 2. The molecular formula is C17H23N5O2. The molecule has 128 valence electrons. The lowest BCUT2D eigenvalue weighted by Crippen LogP contribution is -2.17. The van der Waals surface area contributed by atoms with Gasteiger partial charge in [-0.3, -0.25) is 0 Å². The second-order valence-electron chi connectivity index (χ2n) is 5.80. The van der Waals surface area contributed by atoms with Gasteiger partial charge in [-0.15, -0.1) is 0 Å². The van der Waals surface area contributed by atoms with Gasteiger partial charge >= 0.3 is 0 Å². The maximum Gasteiger partial charge on any atom is 0.159 e. The molecule has 24 heavy (non-hydrogen) atoms. The molecule has 0 aliphatic heterocycles. The third-order valence-electron chi connectivity index (χ3n) is 4.24. The molecule has 1 aromatic heterocycles. The van der Waals surface area contributed by atoms with Crippen LogP contribution in [0.1, 0.15) is 25.7 Å². The van der Waals surface area contributed by atoms with Crippen LogP contribution >= 0.6 is 0 Å². The number of methoxy groups -OCH3 is 2. The van der Waals surface area contributed by atoms with Gasteiger partial charge in [0.1, 0.15) is 23.5 Å². The number of nitrogens with one attached hydrogen (secondary N) is 2. The first kappa shape index (κ1) is 16.2. The molecular weight excluding hydrogens is 306 g/mol. The van der Waals surface area contributed by atoms with Crippen molar-refractivity contribution in [3.63, 3.8) is 0 Å². The lowest BCUT2D eigenvalue weighted by atomic mass is 10.2. The Labute approximate surface area is 141 Å². The highest BCUT2D eigenvalue weighted by atomic mass is 16.5. The lowest BCUT2D eigenvalue weighted by molar-refractivity contribution is 0.395. The standard InChI is InChI=1S/C17H23N5O2/c1-23-12-7-8-13(14(9-12)24-2)22-17-15(18)16(19-10-20-17)21-11-5-3-4-6-11/h7-11H,3-6,18H2,1-2H3,(H2,19,20,21,22). The van der Waals surface area contributed by atoms with Gasteiger partial charge in [0, 0.05) is 12.1 Å².